The van der Waals surface area contributed by atoms with Gasteiger partial charge in [-0.2, -0.15) is 5.10 Å². The number of aryl methyl sites for hydroxylation is 3. The maximum atomic E-state index is 12.0. The van der Waals surface area contributed by atoms with Crippen LogP contribution in [0.15, 0.2) is 23.1 Å². The molecule has 1 aliphatic rings. The normalized spacial score (nSPS) is 13.2. The molecule has 0 bridgehead atoms. The minimum absolute atomic E-state index is 0.0184. The zero-order chi connectivity index (χ0) is 14.8. The van der Waals surface area contributed by atoms with Crippen molar-refractivity contribution in [2.45, 2.75) is 38.0 Å². The lowest BCUT2D eigenvalue weighted by atomic mass is 10.1. The second-order valence-corrected chi connectivity index (χ2v) is 6.49. The van der Waals surface area contributed by atoms with E-state index in [1.54, 1.807) is 11.8 Å². The lowest BCUT2D eigenvalue weighted by molar-refractivity contribution is -0.113. The van der Waals surface area contributed by atoms with Crippen molar-refractivity contribution in [3.05, 3.63) is 40.6 Å². The lowest BCUT2D eigenvalue weighted by Gasteiger charge is -2.05. The van der Waals surface area contributed by atoms with Crippen molar-refractivity contribution < 1.29 is 4.79 Å². The van der Waals surface area contributed by atoms with Gasteiger partial charge in [0.25, 0.3) is 0 Å². The van der Waals surface area contributed by atoms with E-state index in [0.717, 1.165) is 11.3 Å². The van der Waals surface area contributed by atoms with E-state index in [9.17, 15) is 4.79 Å². The number of carbonyl (C=O) groups excluding carboxylic acids is 1. The number of fused-ring (bicyclic) bond motifs is 1. The smallest absolute Gasteiger partial charge is 0.235 e. The van der Waals surface area contributed by atoms with Crippen LogP contribution < -0.4 is 5.32 Å². The predicted octanol–water partition coefficient (Wildman–Crippen LogP) is 3.25. The maximum Gasteiger partial charge on any atom is 0.235 e. The third-order valence-corrected chi connectivity index (χ3v) is 4.94. The molecule has 0 fully saturated rings. The molecule has 1 aromatic heterocycles. The molecule has 1 aliphatic carbocycles. The maximum absolute atomic E-state index is 12.0. The first-order valence-electron chi connectivity index (χ1n) is 7.19. The molecule has 5 heteroatoms. The molecule has 2 N–H and O–H groups in total. The molecule has 0 radical (unpaired) electrons. The van der Waals surface area contributed by atoms with E-state index >= 15 is 0 Å². The van der Waals surface area contributed by atoms with Gasteiger partial charge in [0.1, 0.15) is 0 Å². The van der Waals surface area contributed by atoms with E-state index in [2.05, 4.69) is 33.7 Å². The molecule has 1 aromatic carbocycles. The van der Waals surface area contributed by atoms with Crippen LogP contribution in [0.3, 0.4) is 0 Å². The summed E-state index contributed by atoms with van der Waals surface area (Å²) in [6, 6.07) is 6.54. The van der Waals surface area contributed by atoms with Crippen molar-refractivity contribution in [2.24, 2.45) is 0 Å². The highest BCUT2D eigenvalue weighted by molar-refractivity contribution is 8.00. The van der Waals surface area contributed by atoms with Crippen molar-refractivity contribution in [3.63, 3.8) is 0 Å². The first-order chi connectivity index (χ1) is 10.1. The Morgan fingerprint density at radius 2 is 2.14 bits per heavy atom. The van der Waals surface area contributed by atoms with Gasteiger partial charge in [-0.25, -0.2) is 0 Å². The fourth-order valence-electron chi connectivity index (χ4n) is 2.56. The largest absolute Gasteiger partial charge is 0.308 e. The number of rotatable bonds is 4. The van der Waals surface area contributed by atoms with Gasteiger partial charge in [0.2, 0.25) is 5.91 Å². The average Bonchev–Trinajstić information content (AvgIpc) is 3.06. The summed E-state index contributed by atoms with van der Waals surface area (Å²) < 4.78 is 0. The number of aromatic nitrogens is 2. The summed E-state index contributed by atoms with van der Waals surface area (Å²) >= 11 is 1.58. The second-order valence-electron chi connectivity index (χ2n) is 5.44. The Morgan fingerprint density at radius 3 is 2.90 bits per heavy atom. The Morgan fingerprint density at radius 1 is 1.33 bits per heavy atom. The first-order valence-corrected chi connectivity index (χ1v) is 8.18. The van der Waals surface area contributed by atoms with Gasteiger partial charge in [0.15, 0.2) is 5.82 Å². The van der Waals surface area contributed by atoms with E-state index in [1.165, 1.54) is 35.3 Å². The highest BCUT2D eigenvalue weighted by Gasteiger charge is 2.13. The van der Waals surface area contributed by atoms with Crippen LogP contribution in [-0.4, -0.2) is 21.9 Å². The molecule has 0 aliphatic heterocycles. The van der Waals surface area contributed by atoms with Crippen LogP contribution in [0.2, 0.25) is 0 Å². The van der Waals surface area contributed by atoms with Crippen LogP contribution in [0.4, 0.5) is 5.82 Å². The lowest BCUT2D eigenvalue weighted by Crippen LogP contribution is -2.15. The molecule has 0 unspecified atom stereocenters. The standard InChI is InChI=1S/C16H19N3OS/c1-10-11(2)18-19-16(10)17-15(20)9-21-14-7-6-12-4-3-5-13(12)8-14/h6-8H,3-5,9H2,1-2H3,(H2,17,18,19,20). The number of nitrogens with one attached hydrogen (secondary N) is 2. The number of thioether (sulfide) groups is 1. The monoisotopic (exact) mass is 301 g/mol. The number of carbonyl (C=O) groups is 1. The van der Waals surface area contributed by atoms with Gasteiger partial charge in [-0.1, -0.05) is 6.07 Å². The van der Waals surface area contributed by atoms with Crippen molar-refractivity contribution in [2.75, 3.05) is 11.1 Å². The SMILES string of the molecule is Cc1[nH]nc(NC(=O)CSc2ccc3c(c2)CCC3)c1C. The summed E-state index contributed by atoms with van der Waals surface area (Å²) in [6.45, 7) is 3.89. The quantitative estimate of drug-likeness (QED) is 0.852. The number of hydrogen-bond acceptors (Lipinski definition) is 3. The van der Waals surface area contributed by atoms with E-state index < -0.39 is 0 Å². The number of hydrogen-bond donors (Lipinski definition) is 2. The number of amides is 1. The van der Waals surface area contributed by atoms with E-state index in [4.69, 9.17) is 0 Å². The Balaban J connectivity index is 1.57. The summed E-state index contributed by atoms with van der Waals surface area (Å²) in [7, 11) is 0. The van der Waals surface area contributed by atoms with Gasteiger partial charge >= 0.3 is 0 Å². The fraction of sp³-hybridized carbons (Fsp3) is 0.375. The molecule has 0 saturated carbocycles. The van der Waals surface area contributed by atoms with E-state index in [0.29, 0.717) is 11.6 Å². The number of anilines is 1. The third kappa shape index (κ3) is 3.13. The summed E-state index contributed by atoms with van der Waals surface area (Å²) in [5.74, 6) is 1.02. The summed E-state index contributed by atoms with van der Waals surface area (Å²) in [4.78, 5) is 13.2. The van der Waals surface area contributed by atoms with Gasteiger partial charge in [0.05, 0.1) is 5.75 Å². The number of aromatic amines is 1. The van der Waals surface area contributed by atoms with Gasteiger partial charge in [-0.15, -0.1) is 11.8 Å². The minimum atomic E-state index is -0.0184. The van der Waals surface area contributed by atoms with E-state index in [-0.39, 0.29) is 5.91 Å². The summed E-state index contributed by atoms with van der Waals surface area (Å²) in [6.07, 6.45) is 3.61. The number of nitrogens with zero attached hydrogens (tertiary/aromatic N) is 1. The average molecular weight is 301 g/mol. The van der Waals surface area contributed by atoms with Crippen molar-refractivity contribution in [1.29, 1.82) is 0 Å². The highest BCUT2D eigenvalue weighted by Crippen LogP contribution is 2.27. The molecule has 0 atom stereocenters. The molecular weight excluding hydrogens is 282 g/mol. The van der Waals surface area contributed by atoms with Crippen molar-refractivity contribution in [1.82, 2.24) is 10.2 Å². The fourth-order valence-corrected chi connectivity index (χ4v) is 3.32. The van der Waals surface area contributed by atoms with Crippen LogP contribution >= 0.6 is 11.8 Å². The molecular formula is C16H19N3OS. The number of benzene rings is 1. The Labute approximate surface area is 128 Å². The topological polar surface area (TPSA) is 57.8 Å². The minimum Gasteiger partial charge on any atom is -0.308 e. The van der Waals surface area contributed by atoms with Gasteiger partial charge in [-0.3, -0.25) is 9.89 Å². The molecule has 0 saturated heterocycles. The highest BCUT2D eigenvalue weighted by atomic mass is 32.2. The molecule has 1 amide bonds. The summed E-state index contributed by atoms with van der Waals surface area (Å²) in [5, 5.41) is 9.82. The molecule has 2 aromatic rings. The zero-order valence-electron chi connectivity index (χ0n) is 12.3. The molecule has 3 rings (SSSR count). The number of H-pyrrole nitrogens is 1. The van der Waals surface area contributed by atoms with Gasteiger partial charge in [0, 0.05) is 16.2 Å². The Bertz CT molecular complexity index is 678. The molecule has 21 heavy (non-hydrogen) atoms. The Hall–Kier alpha value is -1.75. The van der Waals surface area contributed by atoms with Crippen molar-refractivity contribution >= 4 is 23.5 Å². The predicted molar refractivity (Wildman–Crippen MR) is 85.9 cm³/mol. The third-order valence-electron chi connectivity index (χ3n) is 3.95. The van der Waals surface area contributed by atoms with Crippen LogP contribution in [-0.2, 0) is 17.6 Å². The Kier molecular flexibility index (Phi) is 4.01. The van der Waals surface area contributed by atoms with Crippen LogP contribution in [0, 0.1) is 13.8 Å². The van der Waals surface area contributed by atoms with E-state index in [1.807, 2.05) is 13.8 Å². The molecule has 110 valence electrons. The molecule has 0 spiro atoms. The zero-order valence-corrected chi connectivity index (χ0v) is 13.1. The van der Waals surface area contributed by atoms with Gasteiger partial charge in [-0.05, 0) is 56.4 Å². The molecule has 4 nitrogen and oxygen atoms in total. The van der Waals surface area contributed by atoms with Gasteiger partial charge < -0.3 is 5.32 Å². The summed E-state index contributed by atoms with van der Waals surface area (Å²) in [5.41, 5.74) is 4.88. The van der Waals surface area contributed by atoms with Crippen molar-refractivity contribution in [3.8, 4) is 0 Å². The van der Waals surface area contributed by atoms with Crippen LogP contribution in [0.1, 0.15) is 28.8 Å². The molecule has 1 heterocycles. The van der Waals surface area contributed by atoms with Crippen LogP contribution in [0.25, 0.3) is 0 Å². The second kappa shape index (κ2) is 5.93. The van der Waals surface area contributed by atoms with Crippen LogP contribution in [0.5, 0.6) is 0 Å². The first kappa shape index (κ1) is 14.2.